The number of rotatable bonds is 10. The summed E-state index contributed by atoms with van der Waals surface area (Å²) in [6.07, 6.45) is 4.79. The summed E-state index contributed by atoms with van der Waals surface area (Å²) >= 11 is 8.32. The second-order valence-corrected chi connectivity index (χ2v) is 9.32. The molecule has 8 heteroatoms. The first-order valence-electron chi connectivity index (χ1n) is 9.88. The van der Waals surface area contributed by atoms with Crippen molar-refractivity contribution in [2.45, 2.75) is 32.6 Å². The van der Waals surface area contributed by atoms with E-state index in [1.807, 2.05) is 54.8 Å². The quantitative estimate of drug-likeness (QED) is 0.286. The van der Waals surface area contributed by atoms with E-state index in [1.54, 1.807) is 16.2 Å². The minimum atomic E-state index is -0.0216. The van der Waals surface area contributed by atoms with Crippen LogP contribution < -0.4 is 10.1 Å². The minimum absolute atomic E-state index is 0.0105. The van der Waals surface area contributed by atoms with E-state index in [2.05, 4.69) is 5.32 Å². The van der Waals surface area contributed by atoms with Crippen molar-refractivity contribution in [3.63, 3.8) is 0 Å². The van der Waals surface area contributed by atoms with Crippen molar-refractivity contribution in [1.82, 2.24) is 4.90 Å². The summed E-state index contributed by atoms with van der Waals surface area (Å²) in [7, 11) is 0. The molecular formula is C22H24N2O3S3. The summed E-state index contributed by atoms with van der Waals surface area (Å²) in [6, 6.07) is 11.3. The van der Waals surface area contributed by atoms with Gasteiger partial charge in [0.25, 0.3) is 5.91 Å². The van der Waals surface area contributed by atoms with Crippen LogP contribution in [0, 0.1) is 0 Å². The molecule has 5 nitrogen and oxygen atoms in total. The molecular weight excluding hydrogens is 436 g/mol. The van der Waals surface area contributed by atoms with Crippen LogP contribution in [-0.4, -0.2) is 34.2 Å². The third-order valence-corrected chi connectivity index (χ3v) is 6.62. The number of thioether (sulfide) groups is 1. The van der Waals surface area contributed by atoms with Crippen molar-refractivity contribution < 1.29 is 14.3 Å². The maximum atomic E-state index is 12.6. The SMILES string of the molecule is CCOc1ccc(NC(=O)CCCCCN2C(=O)/C(=C/c3cccs3)SC2=S)cc1. The van der Waals surface area contributed by atoms with Gasteiger partial charge in [0.1, 0.15) is 10.1 Å². The Hall–Kier alpha value is -2.16. The Morgan fingerprint density at radius 1 is 1.20 bits per heavy atom. The van der Waals surface area contributed by atoms with E-state index in [4.69, 9.17) is 17.0 Å². The van der Waals surface area contributed by atoms with Crippen molar-refractivity contribution in [1.29, 1.82) is 0 Å². The van der Waals surface area contributed by atoms with Gasteiger partial charge in [-0.15, -0.1) is 11.3 Å². The number of unbranched alkanes of at least 4 members (excludes halogenated alkanes) is 2. The van der Waals surface area contributed by atoms with Crippen LogP contribution >= 0.6 is 35.3 Å². The molecule has 1 saturated heterocycles. The zero-order valence-corrected chi connectivity index (χ0v) is 19.2. The molecule has 0 spiro atoms. The molecule has 0 unspecified atom stereocenters. The van der Waals surface area contributed by atoms with E-state index in [0.717, 1.165) is 35.6 Å². The van der Waals surface area contributed by atoms with Gasteiger partial charge in [0.15, 0.2) is 0 Å². The highest BCUT2D eigenvalue weighted by Gasteiger charge is 2.31. The van der Waals surface area contributed by atoms with E-state index >= 15 is 0 Å². The number of benzene rings is 1. The van der Waals surface area contributed by atoms with Crippen LogP contribution in [0.5, 0.6) is 5.75 Å². The zero-order valence-electron chi connectivity index (χ0n) is 16.8. The molecule has 2 aromatic rings. The third-order valence-electron chi connectivity index (χ3n) is 4.42. The smallest absolute Gasteiger partial charge is 0.266 e. The standard InChI is InChI=1S/C22H24N2O3S3/c1-2-27-17-11-9-16(10-12-17)23-20(25)8-4-3-5-13-24-21(26)19(30-22(24)28)15-18-7-6-14-29-18/h6-7,9-12,14-15H,2-5,8,13H2,1H3,(H,23,25)/b19-15-. The average molecular weight is 461 g/mol. The van der Waals surface area contributed by atoms with Gasteiger partial charge in [-0.3, -0.25) is 14.5 Å². The Kier molecular flexibility index (Phi) is 8.48. The normalized spacial score (nSPS) is 15.1. The number of anilines is 1. The highest BCUT2D eigenvalue weighted by Crippen LogP contribution is 2.33. The van der Waals surface area contributed by atoms with Gasteiger partial charge in [0, 0.05) is 23.5 Å². The molecule has 3 rings (SSSR count). The number of nitrogens with one attached hydrogen (secondary N) is 1. The Balaban J connectivity index is 1.36. The van der Waals surface area contributed by atoms with E-state index in [9.17, 15) is 9.59 Å². The summed E-state index contributed by atoms with van der Waals surface area (Å²) in [6.45, 7) is 3.14. The van der Waals surface area contributed by atoms with Gasteiger partial charge in [-0.05, 0) is 61.6 Å². The molecule has 0 aliphatic carbocycles. The maximum Gasteiger partial charge on any atom is 0.266 e. The topological polar surface area (TPSA) is 58.6 Å². The predicted molar refractivity (Wildman–Crippen MR) is 129 cm³/mol. The van der Waals surface area contributed by atoms with Gasteiger partial charge in [-0.1, -0.05) is 36.5 Å². The summed E-state index contributed by atoms with van der Waals surface area (Å²) in [5, 5.41) is 4.88. The van der Waals surface area contributed by atoms with Crippen molar-refractivity contribution >= 4 is 63.2 Å². The first-order valence-corrected chi connectivity index (χ1v) is 12.0. The molecule has 0 bridgehead atoms. The number of carbonyl (C=O) groups is 2. The molecule has 1 aromatic heterocycles. The van der Waals surface area contributed by atoms with Gasteiger partial charge in [0.05, 0.1) is 11.5 Å². The first kappa shape index (κ1) is 22.5. The van der Waals surface area contributed by atoms with Gasteiger partial charge >= 0.3 is 0 Å². The highest BCUT2D eigenvalue weighted by molar-refractivity contribution is 8.26. The molecule has 2 heterocycles. The number of hydrogen-bond acceptors (Lipinski definition) is 6. The van der Waals surface area contributed by atoms with Crippen molar-refractivity contribution in [2.75, 3.05) is 18.5 Å². The molecule has 1 aromatic carbocycles. The average Bonchev–Trinajstić information content (AvgIpc) is 3.33. The highest BCUT2D eigenvalue weighted by atomic mass is 32.2. The number of hydrogen-bond donors (Lipinski definition) is 1. The summed E-state index contributed by atoms with van der Waals surface area (Å²) in [4.78, 5) is 28.1. The fraction of sp³-hybridized carbons (Fsp3) is 0.318. The van der Waals surface area contributed by atoms with Crippen molar-refractivity contribution in [3.8, 4) is 5.75 Å². The second-order valence-electron chi connectivity index (χ2n) is 6.66. The van der Waals surface area contributed by atoms with Crippen LogP contribution in [0.15, 0.2) is 46.7 Å². The van der Waals surface area contributed by atoms with Crippen molar-refractivity contribution in [2.24, 2.45) is 0 Å². The van der Waals surface area contributed by atoms with E-state index < -0.39 is 0 Å². The van der Waals surface area contributed by atoms with E-state index in [1.165, 1.54) is 11.8 Å². The Morgan fingerprint density at radius 2 is 2.00 bits per heavy atom. The fourth-order valence-electron chi connectivity index (χ4n) is 2.95. The lowest BCUT2D eigenvalue weighted by Gasteiger charge is -2.14. The monoisotopic (exact) mass is 460 g/mol. The van der Waals surface area contributed by atoms with Crippen LogP contribution in [0.3, 0.4) is 0 Å². The number of ether oxygens (including phenoxy) is 1. The molecule has 1 N–H and O–H groups in total. The van der Waals surface area contributed by atoms with Crippen molar-refractivity contribution in [3.05, 3.63) is 51.6 Å². The second kappa shape index (κ2) is 11.3. The fourth-order valence-corrected chi connectivity index (χ4v) is 4.98. The molecule has 1 aliphatic rings. The predicted octanol–water partition coefficient (Wildman–Crippen LogP) is 5.55. The van der Waals surface area contributed by atoms with Crippen LogP contribution in [-0.2, 0) is 9.59 Å². The van der Waals surface area contributed by atoms with E-state index in [0.29, 0.717) is 28.8 Å². The molecule has 0 atom stereocenters. The zero-order chi connectivity index (χ0) is 21.3. The molecule has 0 radical (unpaired) electrons. The third kappa shape index (κ3) is 6.42. The lowest BCUT2D eigenvalue weighted by atomic mass is 10.1. The summed E-state index contributed by atoms with van der Waals surface area (Å²) < 4.78 is 6.00. The number of thiophene rings is 1. The molecule has 2 amide bonds. The Morgan fingerprint density at radius 3 is 2.70 bits per heavy atom. The number of nitrogens with zero attached hydrogens (tertiary/aromatic N) is 1. The van der Waals surface area contributed by atoms with E-state index in [-0.39, 0.29) is 11.8 Å². The molecule has 1 fully saturated rings. The lowest BCUT2D eigenvalue weighted by Crippen LogP contribution is -2.29. The number of amides is 2. The van der Waals surface area contributed by atoms with Crippen LogP contribution in [0.2, 0.25) is 0 Å². The van der Waals surface area contributed by atoms with Gasteiger partial charge in [-0.2, -0.15) is 0 Å². The summed E-state index contributed by atoms with van der Waals surface area (Å²) in [5.74, 6) is 0.756. The first-order chi connectivity index (χ1) is 14.6. The lowest BCUT2D eigenvalue weighted by molar-refractivity contribution is -0.122. The van der Waals surface area contributed by atoms with Crippen LogP contribution in [0.4, 0.5) is 5.69 Å². The largest absolute Gasteiger partial charge is 0.494 e. The van der Waals surface area contributed by atoms with Gasteiger partial charge in [0.2, 0.25) is 5.91 Å². The molecule has 158 valence electrons. The molecule has 1 aliphatic heterocycles. The van der Waals surface area contributed by atoms with Crippen LogP contribution in [0.1, 0.15) is 37.5 Å². The number of carbonyl (C=O) groups excluding carboxylic acids is 2. The minimum Gasteiger partial charge on any atom is -0.494 e. The molecule has 0 saturated carbocycles. The van der Waals surface area contributed by atoms with Crippen LogP contribution in [0.25, 0.3) is 6.08 Å². The van der Waals surface area contributed by atoms with Gasteiger partial charge < -0.3 is 10.1 Å². The van der Waals surface area contributed by atoms with Gasteiger partial charge in [-0.25, -0.2) is 0 Å². The summed E-state index contributed by atoms with van der Waals surface area (Å²) in [5.41, 5.74) is 0.763. The Labute approximate surface area is 190 Å². The molecule has 30 heavy (non-hydrogen) atoms. The maximum absolute atomic E-state index is 12.6. The Bertz CT molecular complexity index is 908. The number of thiocarbonyl (C=S) groups is 1.